The summed E-state index contributed by atoms with van der Waals surface area (Å²) in [6.07, 6.45) is 1.61. The van der Waals surface area contributed by atoms with Crippen molar-refractivity contribution in [2.45, 2.75) is 6.92 Å². The molecule has 7 nitrogen and oxygen atoms in total. The van der Waals surface area contributed by atoms with Crippen molar-refractivity contribution in [3.8, 4) is 11.5 Å². The minimum Gasteiger partial charge on any atom is -0.493 e. The second kappa shape index (κ2) is 7.19. The molecule has 1 aromatic carbocycles. The van der Waals surface area contributed by atoms with Gasteiger partial charge < -0.3 is 15.2 Å². The van der Waals surface area contributed by atoms with Gasteiger partial charge in [-0.05, 0) is 42.5 Å². The molecule has 23 heavy (non-hydrogen) atoms. The Morgan fingerprint density at radius 1 is 1.35 bits per heavy atom. The molecule has 0 saturated carbocycles. The fraction of sp³-hybridized carbons (Fsp3) is 0.267. The number of amides is 3. The zero-order chi connectivity index (χ0) is 17.0. The Bertz CT molecular complexity index is 686. The predicted octanol–water partition coefficient (Wildman–Crippen LogP) is 1.62. The fourth-order valence-corrected chi connectivity index (χ4v) is 2.87. The molecule has 2 N–H and O–H groups in total. The van der Waals surface area contributed by atoms with Gasteiger partial charge >= 0.3 is 0 Å². The van der Waals surface area contributed by atoms with Crippen LogP contribution in [0.4, 0.5) is 4.79 Å². The van der Waals surface area contributed by atoms with Gasteiger partial charge in [0.2, 0.25) is 0 Å². The van der Waals surface area contributed by atoms with E-state index >= 15 is 0 Å². The van der Waals surface area contributed by atoms with E-state index in [4.69, 9.17) is 15.2 Å². The van der Waals surface area contributed by atoms with E-state index in [-0.39, 0.29) is 17.8 Å². The van der Waals surface area contributed by atoms with Crippen LogP contribution in [0, 0.1) is 0 Å². The van der Waals surface area contributed by atoms with Crippen LogP contribution in [-0.2, 0) is 9.59 Å². The third kappa shape index (κ3) is 3.84. The van der Waals surface area contributed by atoms with Crippen molar-refractivity contribution >= 4 is 34.9 Å². The third-order valence-corrected chi connectivity index (χ3v) is 3.95. The minimum atomic E-state index is -0.593. The minimum absolute atomic E-state index is 0.259. The van der Waals surface area contributed by atoms with E-state index in [0.717, 1.165) is 11.8 Å². The molecule has 0 aliphatic carbocycles. The van der Waals surface area contributed by atoms with Gasteiger partial charge in [0.05, 0.1) is 12.0 Å². The Morgan fingerprint density at radius 2 is 2.09 bits per heavy atom. The highest BCUT2D eigenvalue weighted by molar-refractivity contribution is 8.18. The number of imide groups is 1. The molecule has 0 bridgehead atoms. The maximum absolute atomic E-state index is 12.1. The molecule has 0 unspecified atom stereocenters. The van der Waals surface area contributed by atoms with E-state index in [9.17, 15) is 14.4 Å². The van der Waals surface area contributed by atoms with Crippen LogP contribution in [-0.4, -0.2) is 42.2 Å². The molecule has 1 heterocycles. The van der Waals surface area contributed by atoms with Gasteiger partial charge in [0.1, 0.15) is 0 Å². The number of hydrogen-bond donors (Lipinski definition) is 1. The Kier molecular flexibility index (Phi) is 5.28. The second-order valence-corrected chi connectivity index (χ2v) is 5.58. The molecule has 1 aliphatic rings. The third-order valence-electron chi connectivity index (χ3n) is 3.05. The molecule has 0 aromatic heterocycles. The lowest BCUT2D eigenvalue weighted by molar-refractivity contribution is -0.122. The largest absolute Gasteiger partial charge is 0.493 e. The topological polar surface area (TPSA) is 98.9 Å². The number of carbonyl (C=O) groups excluding carboxylic acids is 3. The van der Waals surface area contributed by atoms with E-state index in [1.54, 1.807) is 31.2 Å². The van der Waals surface area contributed by atoms with Crippen molar-refractivity contribution in [1.82, 2.24) is 4.90 Å². The average Bonchev–Trinajstić information content (AvgIpc) is 2.79. The first-order valence-corrected chi connectivity index (χ1v) is 7.62. The molecule has 122 valence electrons. The highest BCUT2D eigenvalue weighted by Crippen LogP contribution is 2.34. The number of likely N-dealkylation sites (N-methyl/N-ethyl adjacent to an activating group) is 1. The van der Waals surface area contributed by atoms with E-state index < -0.39 is 5.91 Å². The van der Waals surface area contributed by atoms with Gasteiger partial charge in [-0.1, -0.05) is 6.07 Å². The van der Waals surface area contributed by atoms with Crippen LogP contribution in [0.5, 0.6) is 11.5 Å². The molecule has 0 spiro atoms. The van der Waals surface area contributed by atoms with Crippen LogP contribution in [0.3, 0.4) is 0 Å². The number of nitrogens with zero attached hydrogens (tertiary/aromatic N) is 1. The van der Waals surface area contributed by atoms with Gasteiger partial charge in [-0.15, -0.1) is 0 Å². The highest BCUT2D eigenvalue weighted by Gasteiger charge is 2.33. The van der Waals surface area contributed by atoms with Crippen molar-refractivity contribution in [3.63, 3.8) is 0 Å². The maximum atomic E-state index is 12.1. The summed E-state index contributed by atoms with van der Waals surface area (Å²) in [5.41, 5.74) is 5.71. The van der Waals surface area contributed by atoms with Crippen LogP contribution in [0.25, 0.3) is 6.08 Å². The van der Waals surface area contributed by atoms with E-state index in [1.165, 1.54) is 12.0 Å². The lowest BCUT2D eigenvalue weighted by Crippen LogP contribution is -2.27. The summed E-state index contributed by atoms with van der Waals surface area (Å²) in [4.78, 5) is 36.0. The Hall–Kier alpha value is -2.48. The molecular weight excluding hydrogens is 320 g/mol. The molecule has 1 fully saturated rings. The normalized spacial score (nSPS) is 16.1. The van der Waals surface area contributed by atoms with E-state index in [0.29, 0.717) is 28.5 Å². The molecule has 8 heteroatoms. The maximum Gasteiger partial charge on any atom is 0.293 e. The number of primary amides is 1. The standard InChI is InChI=1S/C15H16N2O5S/c1-3-17-14(19)12(23-15(17)20)7-9-4-5-10(11(6-9)21-2)22-8-13(16)18/h4-7H,3,8H2,1-2H3,(H2,16,18)/b12-7+. The van der Waals surface area contributed by atoms with Gasteiger partial charge in [-0.3, -0.25) is 19.3 Å². The van der Waals surface area contributed by atoms with Crippen molar-refractivity contribution in [2.24, 2.45) is 5.73 Å². The van der Waals surface area contributed by atoms with Crippen LogP contribution in [0.1, 0.15) is 12.5 Å². The van der Waals surface area contributed by atoms with Crippen LogP contribution in [0.2, 0.25) is 0 Å². The quantitative estimate of drug-likeness (QED) is 0.793. The Labute approximate surface area is 137 Å². The first-order chi connectivity index (χ1) is 11.0. The highest BCUT2D eigenvalue weighted by atomic mass is 32.2. The van der Waals surface area contributed by atoms with Crippen molar-refractivity contribution < 1.29 is 23.9 Å². The summed E-state index contributed by atoms with van der Waals surface area (Å²) in [6, 6.07) is 4.95. The number of hydrogen-bond acceptors (Lipinski definition) is 6. The smallest absolute Gasteiger partial charge is 0.293 e. The predicted molar refractivity (Wildman–Crippen MR) is 86.0 cm³/mol. The summed E-state index contributed by atoms with van der Waals surface area (Å²) >= 11 is 0.898. The number of carbonyl (C=O) groups is 3. The van der Waals surface area contributed by atoms with Crippen LogP contribution in [0.15, 0.2) is 23.1 Å². The average molecular weight is 336 g/mol. The van der Waals surface area contributed by atoms with Gasteiger partial charge in [0.25, 0.3) is 17.1 Å². The van der Waals surface area contributed by atoms with Gasteiger partial charge in [-0.2, -0.15) is 0 Å². The number of ether oxygens (including phenoxy) is 2. The van der Waals surface area contributed by atoms with E-state index in [1.807, 2.05) is 0 Å². The number of nitrogens with two attached hydrogens (primary N) is 1. The number of benzene rings is 1. The van der Waals surface area contributed by atoms with Crippen molar-refractivity contribution in [1.29, 1.82) is 0 Å². The SMILES string of the molecule is CCN1C(=O)S/C(=C/c2ccc(OCC(N)=O)c(OC)c2)C1=O. The summed E-state index contributed by atoms with van der Waals surface area (Å²) < 4.78 is 10.4. The second-order valence-electron chi connectivity index (χ2n) is 4.59. The first kappa shape index (κ1) is 16.9. The molecule has 2 rings (SSSR count). The number of rotatable bonds is 6. The zero-order valence-electron chi connectivity index (χ0n) is 12.7. The Balaban J connectivity index is 2.24. The summed E-state index contributed by atoms with van der Waals surface area (Å²) in [5.74, 6) is -0.139. The Morgan fingerprint density at radius 3 is 2.65 bits per heavy atom. The lowest BCUT2D eigenvalue weighted by atomic mass is 10.2. The van der Waals surface area contributed by atoms with Gasteiger partial charge in [0, 0.05) is 6.54 Å². The lowest BCUT2D eigenvalue weighted by Gasteiger charge is -2.10. The fourth-order valence-electron chi connectivity index (χ4n) is 1.97. The first-order valence-electron chi connectivity index (χ1n) is 6.80. The molecule has 3 amide bonds. The molecule has 0 radical (unpaired) electrons. The van der Waals surface area contributed by atoms with Crippen molar-refractivity contribution in [3.05, 3.63) is 28.7 Å². The molecule has 1 aliphatic heterocycles. The molecular formula is C15H16N2O5S. The monoisotopic (exact) mass is 336 g/mol. The summed E-state index contributed by atoms with van der Waals surface area (Å²) in [5, 5.41) is -0.280. The van der Waals surface area contributed by atoms with Crippen molar-refractivity contribution in [2.75, 3.05) is 20.3 Å². The molecule has 1 aromatic rings. The van der Waals surface area contributed by atoms with Gasteiger partial charge in [-0.25, -0.2) is 0 Å². The molecule has 1 saturated heterocycles. The zero-order valence-corrected chi connectivity index (χ0v) is 13.5. The van der Waals surface area contributed by atoms with Gasteiger partial charge in [0.15, 0.2) is 18.1 Å². The summed E-state index contributed by atoms with van der Waals surface area (Å²) in [6.45, 7) is 1.82. The van der Waals surface area contributed by atoms with Crippen LogP contribution < -0.4 is 15.2 Å². The molecule has 0 atom stereocenters. The number of thioether (sulfide) groups is 1. The van der Waals surface area contributed by atoms with E-state index in [2.05, 4.69) is 0 Å². The van der Waals surface area contributed by atoms with Crippen LogP contribution >= 0.6 is 11.8 Å². The summed E-state index contributed by atoms with van der Waals surface area (Å²) in [7, 11) is 1.46. The number of methoxy groups -OCH3 is 1.